The number of nitrogens with one attached hydrogen (secondary N) is 2. The van der Waals surface area contributed by atoms with Crippen LogP contribution in [0.1, 0.15) is 39.7 Å². The van der Waals surface area contributed by atoms with Gasteiger partial charge in [-0.3, -0.25) is 10.1 Å². The molecule has 1 aromatic heterocycles. The first-order chi connectivity index (χ1) is 10.3. The number of hydrogen-bond donors (Lipinski definition) is 2. The monoisotopic (exact) mass is 309 g/mol. The minimum absolute atomic E-state index is 0.0177. The van der Waals surface area contributed by atoms with Crippen LogP contribution in [-0.4, -0.2) is 47.3 Å². The Morgan fingerprint density at radius 2 is 2.00 bits per heavy atom. The summed E-state index contributed by atoms with van der Waals surface area (Å²) in [5.74, 6) is 1.19. The highest BCUT2D eigenvalue weighted by atomic mass is 16.2. The lowest BCUT2D eigenvalue weighted by molar-refractivity contribution is -0.128. The van der Waals surface area contributed by atoms with Crippen LogP contribution < -0.4 is 10.6 Å². The fourth-order valence-electron chi connectivity index (χ4n) is 2.21. The zero-order chi connectivity index (χ0) is 16.7. The number of nitrogens with zero attached hydrogens (tertiary/aromatic N) is 3. The zero-order valence-corrected chi connectivity index (χ0v) is 14.1. The SMILES string of the molecule is CC(C)C[C@H](C)n1nccc1NC(=O)NCCC(=O)N(C)C. The summed E-state index contributed by atoms with van der Waals surface area (Å²) >= 11 is 0. The summed E-state index contributed by atoms with van der Waals surface area (Å²) < 4.78 is 1.81. The summed E-state index contributed by atoms with van der Waals surface area (Å²) in [4.78, 5) is 24.8. The maximum absolute atomic E-state index is 11.9. The van der Waals surface area contributed by atoms with Crippen LogP contribution in [-0.2, 0) is 4.79 Å². The normalized spacial score (nSPS) is 12.1. The maximum atomic E-state index is 11.9. The van der Waals surface area contributed by atoms with Crippen molar-refractivity contribution in [1.29, 1.82) is 0 Å². The van der Waals surface area contributed by atoms with Crippen molar-refractivity contribution in [2.24, 2.45) is 5.92 Å². The topological polar surface area (TPSA) is 79.3 Å². The van der Waals surface area contributed by atoms with Gasteiger partial charge < -0.3 is 10.2 Å². The van der Waals surface area contributed by atoms with Gasteiger partial charge in [-0.1, -0.05) is 13.8 Å². The van der Waals surface area contributed by atoms with Gasteiger partial charge in [0.25, 0.3) is 0 Å². The van der Waals surface area contributed by atoms with Crippen molar-refractivity contribution in [3.63, 3.8) is 0 Å². The van der Waals surface area contributed by atoms with Crippen molar-refractivity contribution in [3.05, 3.63) is 12.3 Å². The molecule has 0 saturated heterocycles. The van der Waals surface area contributed by atoms with Crippen molar-refractivity contribution >= 4 is 17.8 Å². The molecule has 3 amide bonds. The van der Waals surface area contributed by atoms with E-state index in [1.54, 1.807) is 26.4 Å². The van der Waals surface area contributed by atoms with Crippen LogP contribution in [0.2, 0.25) is 0 Å². The minimum Gasteiger partial charge on any atom is -0.349 e. The van der Waals surface area contributed by atoms with Crippen LogP contribution in [0.3, 0.4) is 0 Å². The molecule has 7 nitrogen and oxygen atoms in total. The summed E-state index contributed by atoms with van der Waals surface area (Å²) in [6.07, 6.45) is 2.93. The Morgan fingerprint density at radius 3 is 2.59 bits per heavy atom. The summed E-state index contributed by atoms with van der Waals surface area (Å²) in [5.41, 5.74) is 0. The van der Waals surface area contributed by atoms with E-state index >= 15 is 0 Å². The number of amides is 3. The van der Waals surface area contributed by atoms with E-state index in [4.69, 9.17) is 0 Å². The Morgan fingerprint density at radius 1 is 1.32 bits per heavy atom. The van der Waals surface area contributed by atoms with Gasteiger partial charge in [-0.25, -0.2) is 9.48 Å². The quantitative estimate of drug-likeness (QED) is 0.809. The van der Waals surface area contributed by atoms with E-state index in [0.717, 1.165) is 6.42 Å². The number of carbonyl (C=O) groups excluding carboxylic acids is 2. The third-order valence-corrected chi connectivity index (χ3v) is 3.27. The van der Waals surface area contributed by atoms with Crippen LogP contribution in [0.25, 0.3) is 0 Å². The molecular formula is C15H27N5O2. The van der Waals surface area contributed by atoms with E-state index in [2.05, 4.69) is 36.5 Å². The van der Waals surface area contributed by atoms with Gasteiger partial charge in [-0.2, -0.15) is 5.10 Å². The molecule has 0 saturated carbocycles. The summed E-state index contributed by atoms with van der Waals surface area (Å²) in [5, 5.41) is 9.72. The van der Waals surface area contributed by atoms with Gasteiger partial charge in [0.1, 0.15) is 5.82 Å². The molecule has 1 rings (SSSR count). The molecule has 1 heterocycles. The molecule has 0 fully saturated rings. The van der Waals surface area contributed by atoms with E-state index in [9.17, 15) is 9.59 Å². The third-order valence-electron chi connectivity index (χ3n) is 3.27. The largest absolute Gasteiger partial charge is 0.349 e. The molecule has 7 heteroatoms. The molecule has 1 aromatic rings. The molecule has 0 unspecified atom stereocenters. The van der Waals surface area contributed by atoms with Gasteiger partial charge in [0.15, 0.2) is 0 Å². The predicted octanol–water partition coefficient (Wildman–Crippen LogP) is 2.09. The lowest BCUT2D eigenvalue weighted by Crippen LogP contribution is -2.33. The molecule has 0 bridgehead atoms. The standard InChI is InChI=1S/C15H27N5O2/c1-11(2)10-12(3)20-13(6-9-17-20)18-15(22)16-8-7-14(21)19(4)5/h6,9,11-12H,7-8,10H2,1-5H3,(H2,16,18,22)/t12-/m0/s1. The van der Waals surface area contributed by atoms with E-state index < -0.39 is 0 Å². The maximum Gasteiger partial charge on any atom is 0.320 e. The highest BCUT2D eigenvalue weighted by Crippen LogP contribution is 2.20. The number of aromatic nitrogens is 2. The second-order valence-corrected chi connectivity index (χ2v) is 6.06. The zero-order valence-electron chi connectivity index (χ0n) is 14.1. The average Bonchev–Trinajstić information content (AvgIpc) is 2.85. The van der Waals surface area contributed by atoms with E-state index in [0.29, 0.717) is 18.3 Å². The smallest absolute Gasteiger partial charge is 0.320 e. The second kappa shape index (κ2) is 8.41. The Hall–Kier alpha value is -2.05. The fraction of sp³-hybridized carbons (Fsp3) is 0.667. The summed E-state index contributed by atoms with van der Waals surface area (Å²) in [7, 11) is 3.38. The Labute approximate surface area is 132 Å². The van der Waals surface area contributed by atoms with E-state index in [-0.39, 0.29) is 24.4 Å². The van der Waals surface area contributed by atoms with Crippen LogP contribution >= 0.6 is 0 Å². The molecule has 2 N–H and O–H groups in total. The minimum atomic E-state index is -0.329. The van der Waals surface area contributed by atoms with Gasteiger partial charge >= 0.3 is 6.03 Å². The molecule has 0 aliphatic rings. The molecule has 0 aliphatic heterocycles. The van der Waals surface area contributed by atoms with Crippen LogP contribution in [0.4, 0.5) is 10.6 Å². The molecule has 0 aliphatic carbocycles. The third kappa shape index (κ3) is 5.75. The van der Waals surface area contributed by atoms with E-state index in [1.807, 2.05) is 4.68 Å². The second-order valence-electron chi connectivity index (χ2n) is 6.06. The number of urea groups is 1. The van der Waals surface area contributed by atoms with Gasteiger partial charge in [0.05, 0.1) is 12.2 Å². The van der Waals surface area contributed by atoms with Crippen LogP contribution in [0.5, 0.6) is 0 Å². The van der Waals surface area contributed by atoms with Gasteiger partial charge in [-0.05, 0) is 19.3 Å². The molecule has 0 aromatic carbocycles. The van der Waals surface area contributed by atoms with Crippen LogP contribution in [0, 0.1) is 5.92 Å². The van der Waals surface area contributed by atoms with Gasteiger partial charge in [0.2, 0.25) is 5.91 Å². The molecule has 124 valence electrons. The number of anilines is 1. The Bertz CT molecular complexity index is 496. The lowest BCUT2D eigenvalue weighted by Gasteiger charge is -2.18. The van der Waals surface area contributed by atoms with Crippen molar-refractivity contribution in [3.8, 4) is 0 Å². The first kappa shape index (κ1) is 18.0. The van der Waals surface area contributed by atoms with Gasteiger partial charge in [-0.15, -0.1) is 0 Å². The average molecular weight is 309 g/mol. The Balaban J connectivity index is 2.48. The number of carbonyl (C=O) groups is 2. The highest BCUT2D eigenvalue weighted by molar-refractivity contribution is 5.88. The van der Waals surface area contributed by atoms with Crippen molar-refractivity contribution < 1.29 is 9.59 Å². The van der Waals surface area contributed by atoms with Crippen molar-refractivity contribution in [1.82, 2.24) is 20.0 Å². The van der Waals surface area contributed by atoms with Crippen molar-refractivity contribution in [2.75, 3.05) is 26.0 Å². The fourth-order valence-corrected chi connectivity index (χ4v) is 2.21. The summed E-state index contributed by atoms with van der Waals surface area (Å²) in [6.45, 7) is 6.69. The molecule has 22 heavy (non-hydrogen) atoms. The predicted molar refractivity (Wildman–Crippen MR) is 86.7 cm³/mol. The molecule has 0 radical (unpaired) electrons. The van der Waals surface area contributed by atoms with Crippen molar-refractivity contribution in [2.45, 2.75) is 39.7 Å². The molecular weight excluding hydrogens is 282 g/mol. The number of rotatable bonds is 7. The summed E-state index contributed by atoms with van der Waals surface area (Å²) in [6, 6.07) is 1.65. The lowest BCUT2D eigenvalue weighted by atomic mass is 10.1. The highest BCUT2D eigenvalue weighted by Gasteiger charge is 2.14. The molecule has 1 atom stereocenters. The first-order valence-corrected chi connectivity index (χ1v) is 7.59. The Kier molecular flexibility index (Phi) is 6.88. The molecule has 0 spiro atoms. The first-order valence-electron chi connectivity index (χ1n) is 7.59. The van der Waals surface area contributed by atoms with E-state index in [1.165, 1.54) is 4.90 Å². The van der Waals surface area contributed by atoms with Crippen LogP contribution in [0.15, 0.2) is 12.3 Å². The number of hydrogen-bond acceptors (Lipinski definition) is 3. The van der Waals surface area contributed by atoms with Gasteiger partial charge in [0, 0.05) is 33.1 Å².